The summed E-state index contributed by atoms with van der Waals surface area (Å²) in [5.74, 6) is 4.80. The van der Waals surface area contributed by atoms with Crippen molar-refractivity contribution in [2.24, 2.45) is 22.1 Å². The lowest BCUT2D eigenvalue weighted by atomic mass is 9.96. The zero-order valence-electron chi connectivity index (χ0n) is 18.6. The number of nitrogens with one attached hydrogen (secondary N) is 1. The lowest BCUT2D eigenvalue weighted by Crippen LogP contribution is -2.57. The summed E-state index contributed by atoms with van der Waals surface area (Å²) in [7, 11) is 0. The van der Waals surface area contributed by atoms with E-state index in [1.54, 1.807) is 6.20 Å². The van der Waals surface area contributed by atoms with Gasteiger partial charge in [0.1, 0.15) is 5.82 Å². The molecule has 3 N–H and O–H groups in total. The number of nitrogens with zero attached hydrogens (tertiary/aromatic N) is 6. The van der Waals surface area contributed by atoms with Gasteiger partial charge in [0.2, 0.25) is 0 Å². The van der Waals surface area contributed by atoms with Gasteiger partial charge in [-0.3, -0.25) is 10.3 Å². The molecule has 0 bridgehead atoms. The number of nitrogens with two attached hydrogens (primary N) is 1. The van der Waals surface area contributed by atoms with Crippen LogP contribution in [0.3, 0.4) is 0 Å². The normalized spacial score (nSPS) is 20.0. The van der Waals surface area contributed by atoms with Crippen LogP contribution in [0.2, 0.25) is 0 Å². The maximum atomic E-state index is 15.1. The monoisotopic (exact) mass is 426 g/mol. The molecule has 0 spiro atoms. The number of hydrogen-bond acceptors (Lipinski definition) is 6. The lowest BCUT2D eigenvalue weighted by Gasteiger charge is -2.46. The van der Waals surface area contributed by atoms with Crippen molar-refractivity contribution in [1.29, 1.82) is 5.41 Å². The molecule has 3 rings (SSSR count). The van der Waals surface area contributed by atoms with Gasteiger partial charge in [0, 0.05) is 37.9 Å². The summed E-state index contributed by atoms with van der Waals surface area (Å²) in [6, 6.07) is 7.61. The van der Waals surface area contributed by atoms with Gasteiger partial charge < -0.3 is 10.7 Å². The van der Waals surface area contributed by atoms with Crippen LogP contribution in [0.15, 0.2) is 40.8 Å². The average Bonchev–Trinajstić information content (AvgIpc) is 2.71. The molecule has 0 amide bonds. The average molecular weight is 427 g/mol. The molecular formula is C22H31FN8. The summed E-state index contributed by atoms with van der Waals surface area (Å²) in [5, 5.41) is 23.2. The maximum absolute atomic E-state index is 15.1. The van der Waals surface area contributed by atoms with Gasteiger partial charge in [-0.15, -0.1) is 5.11 Å². The largest absolute Gasteiger partial charge is 0.365 e. The minimum atomic E-state index is -0.465. The minimum Gasteiger partial charge on any atom is -0.365 e. The summed E-state index contributed by atoms with van der Waals surface area (Å²) < 4.78 is 15.1. The fourth-order valence-corrected chi connectivity index (χ4v) is 4.20. The smallest absolute Gasteiger partial charge is 0.181 e. The molecule has 9 heteroatoms. The molecule has 2 aromatic rings. The van der Waals surface area contributed by atoms with E-state index in [2.05, 4.69) is 58.0 Å². The van der Waals surface area contributed by atoms with E-state index in [0.29, 0.717) is 24.7 Å². The number of hydrogen-bond donors (Lipinski definition) is 2. The van der Waals surface area contributed by atoms with Gasteiger partial charge in [0.25, 0.3) is 0 Å². The van der Waals surface area contributed by atoms with E-state index in [0.717, 1.165) is 24.2 Å². The van der Waals surface area contributed by atoms with Crippen molar-refractivity contribution in [3.8, 4) is 0 Å². The first-order chi connectivity index (χ1) is 14.8. The summed E-state index contributed by atoms with van der Waals surface area (Å²) >= 11 is 0. The fraction of sp³-hybridized carbons (Fsp3) is 0.500. The Morgan fingerprint density at radius 1 is 1.29 bits per heavy atom. The quantitative estimate of drug-likeness (QED) is 0.241. The highest BCUT2D eigenvalue weighted by atomic mass is 19.1. The number of aromatic nitrogens is 2. The number of halogens is 1. The van der Waals surface area contributed by atoms with E-state index >= 15 is 4.39 Å². The second kappa shape index (κ2) is 9.91. The number of amidine groups is 1. The molecule has 0 radical (unpaired) electrons. The number of rotatable bonds is 6. The zero-order chi connectivity index (χ0) is 22.5. The second-order valence-corrected chi connectivity index (χ2v) is 8.49. The first kappa shape index (κ1) is 22.7. The van der Waals surface area contributed by atoms with Crippen LogP contribution in [0.4, 0.5) is 10.1 Å². The first-order valence-electron chi connectivity index (χ1n) is 10.6. The van der Waals surface area contributed by atoms with Crippen LogP contribution in [-0.4, -0.2) is 46.1 Å². The lowest BCUT2D eigenvalue weighted by molar-refractivity contribution is 0.148. The molecule has 1 fully saturated rings. The zero-order valence-corrected chi connectivity index (χ0v) is 18.6. The van der Waals surface area contributed by atoms with Gasteiger partial charge in [-0.25, -0.2) is 4.39 Å². The Bertz CT molecular complexity index is 931. The number of piperazine rings is 1. The highest BCUT2D eigenvalue weighted by molar-refractivity contribution is 6.02. The third-order valence-electron chi connectivity index (χ3n) is 5.86. The molecule has 2 atom stereocenters. The van der Waals surface area contributed by atoms with Crippen LogP contribution < -0.4 is 10.7 Å². The van der Waals surface area contributed by atoms with E-state index in [9.17, 15) is 0 Å². The van der Waals surface area contributed by atoms with Gasteiger partial charge in [-0.2, -0.15) is 10.2 Å². The molecule has 1 aliphatic heterocycles. The Labute approximate surface area is 182 Å². The van der Waals surface area contributed by atoms with Gasteiger partial charge >= 0.3 is 0 Å². The molecule has 1 aromatic heterocycles. The molecule has 1 aromatic carbocycles. The predicted molar refractivity (Wildman–Crippen MR) is 120 cm³/mol. The summed E-state index contributed by atoms with van der Waals surface area (Å²) in [5.41, 5.74) is 2.64. The Morgan fingerprint density at radius 2 is 2.06 bits per heavy atom. The first-order valence-corrected chi connectivity index (χ1v) is 10.6. The van der Waals surface area contributed by atoms with Crippen molar-refractivity contribution >= 4 is 11.5 Å². The third kappa shape index (κ3) is 5.22. The van der Waals surface area contributed by atoms with Crippen molar-refractivity contribution in [2.45, 2.75) is 52.7 Å². The molecule has 1 saturated heterocycles. The topological polar surface area (TPSA) is 107 Å². The Morgan fingerprint density at radius 3 is 2.71 bits per heavy atom. The van der Waals surface area contributed by atoms with E-state index in [1.165, 1.54) is 6.07 Å². The third-order valence-corrected chi connectivity index (χ3v) is 5.86. The Balaban J connectivity index is 1.93. The SMILES string of the molecule is CC(C)Cc1cc(F)c(C(=N)N=NN)c(N2CCN(Cc3cccnn3)C(C)C2C)c1. The van der Waals surface area contributed by atoms with Crippen LogP contribution in [-0.2, 0) is 13.0 Å². The molecular weight excluding hydrogens is 395 g/mol. The Kier molecular flexibility index (Phi) is 7.27. The summed E-state index contributed by atoms with van der Waals surface area (Å²) in [6.07, 6.45) is 2.42. The predicted octanol–water partition coefficient (Wildman–Crippen LogP) is 3.56. The standard InChI is InChI=1S/C22H31FN8/c1-14(2)10-17-11-19(23)21(22(24)28-29-25)20(12-17)31-9-8-30(15(3)16(31)4)13-18-6-5-7-26-27-18/h5-7,11-12,14-16H,8-10,13H2,1-4H3,(H3,24,25,28). The molecule has 0 aliphatic carbocycles. The summed E-state index contributed by atoms with van der Waals surface area (Å²) in [6.45, 7) is 10.7. The molecule has 8 nitrogen and oxygen atoms in total. The van der Waals surface area contributed by atoms with Crippen LogP contribution in [0.5, 0.6) is 0 Å². The fourth-order valence-electron chi connectivity index (χ4n) is 4.20. The van der Waals surface area contributed by atoms with Crippen LogP contribution in [0.1, 0.15) is 44.5 Å². The molecule has 1 aliphatic rings. The van der Waals surface area contributed by atoms with Crippen molar-refractivity contribution in [3.63, 3.8) is 0 Å². The van der Waals surface area contributed by atoms with Gasteiger partial charge in [-0.05, 0) is 56.0 Å². The highest BCUT2D eigenvalue weighted by Gasteiger charge is 2.33. The second-order valence-electron chi connectivity index (χ2n) is 8.49. The number of benzene rings is 1. The van der Waals surface area contributed by atoms with Crippen molar-refractivity contribution in [2.75, 3.05) is 18.0 Å². The highest BCUT2D eigenvalue weighted by Crippen LogP contribution is 2.32. The van der Waals surface area contributed by atoms with Gasteiger partial charge in [0.15, 0.2) is 5.84 Å². The number of anilines is 1. The van der Waals surface area contributed by atoms with Crippen LogP contribution >= 0.6 is 0 Å². The van der Waals surface area contributed by atoms with Gasteiger partial charge in [-0.1, -0.05) is 19.1 Å². The van der Waals surface area contributed by atoms with Crippen LogP contribution in [0.25, 0.3) is 0 Å². The Hall–Kier alpha value is -2.94. The van der Waals surface area contributed by atoms with E-state index in [-0.39, 0.29) is 23.5 Å². The van der Waals surface area contributed by atoms with Crippen LogP contribution in [0, 0.1) is 17.1 Å². The van der Waals surface area contributed by atoms with Gasteiger partial charge in [0.05, 0.1) is 16.9 Å². The minimum absolute atomic E-state index is 0.0838. The van der Waals surface area contributed by atoms with E-state index < -0.39 is 5.82 Å². The molecule has 0 saturated carbocycles. The van der Waals surface area contributed by atoms with Crippen molar-refractivity contribution in [3.05, 3.63) is 53.1 Å². The van der Waals surface area contributed by atoms with E-state index in [4.69, 9.17) is 11.3 Å². The van der Waals surface area contributed by atoms with Crippen molar-refractivity contribution < 1.29 is 4.39 Å². The maximum Gasteiger partial charge on any atom is 0.181 e. The summed E-state index contributed by atoms with van der Waals surface area (Å²) in [4.78, 5) is 4.52. The van der Waals surface area contributed by atoms with Crippen molar-refractivity contribution in [1.82, 2.24) is 15.1 Å². The molecule has 2 unspecified atom stereocenters. The molecule has 2 heterocycles. The molecule has 31 heavy (non-hydrogen) atoms. The van der Waals surface area contributed by atoms with E-state index in [1.807, 2.05) is 18.2 Å². The molecule has 166 valence electrons.